The minimum atomic E-state index is -0.629. The molecule has 0 saturated heterocycles. The van der Waals surface area contributed by atoms with Crippen molar-refractivity contribution in [1.82, 2.24) is 0 Å². The molecule has 0 aliphatic carbocycles. The molecule has 1 aromatic rings. The first kappa shape index (κ1) is 10.5. The van der Waals surface area contributed by atoms with Crippen molar-refractivity contribution in [2.75, 3.05) is 5.32 Å². The Labute approximate surface area is 84.0 Å². The highest BCUT2D eigenvalue weighted by atomic mass is 35.5. The van der Waals surface area contributed by atoms with Crippen molar-refractivity contribution in [3.63, 3.8) is 0 Å². The summed E-state index contributed by atoms with van der Waals surface area (Å²) >= 11 is 5.47. The maximum Gasteiger partial charge on any atom is 0.270 e. The smallest absolute Gasteiger partial charge is 0.270 e. The maximum atomic E-state index is 12.7. The van der Waals surface area contributed by atoms with Crippen LogP contribution >= 0.6 is 11.6 Å². The Hall–Kier alpha value is -1.62. The van der Waals surface area contributed by atoms with Gasteiger partial charge in [-0.1, -0.05) is 16.8 Å². The van der Waals surface area contributed by atoms with Crippen LogP contribution in [0.3, 0.4) is 0 Å². The van der Waals surface area contributed by atoms with Gasteiger partial charge in [0.05, 0.1) is 5.02 Å². The second kappa shape index (κ2) is 4.57. The lowest BCUT2D eigenvalue weighted by Crippen LogP contribution is -2.12. The van der Waals surface area contributed by atoms with Crippen LogP contribution in [-0.4, -0.2) is 17.3 Å². The summed E-state index contributed by atoms with van der Waals surface area (Å²) < 4.78 is 12.7. The van der Waals surface area contributed by atoms with E-state index in [1.807, 2.05) is 0 Å². The number of anilines is 1. The summed E-state index contributed by atoms with van der Waals surface area (Å²) in [6.07, 6.45) is 0.678. The van der Waals surface area contributed by atoms with Gasteiger partial charge in [-0.25, -0.2) is 4.39 Å². The highest BCUT2D eigenvalue weighted by Crippen LogP contribution is 2.18. The fraction of sp³-hybridized carbons (Fsp3) is 0. The van der Waals surface area contributed by atoms with Crippen LogP contribution < -0.4 is 5.32 Å². The first-order valence-electron chi connectivity index (χ1n) is 3.57. The van der Waals surface area contributed by atoms with Gasteiger partial charge in [0.2, 0.25) is 0 Å². The van der Waals surface area contributed by atoms with Crippen molar-refractivity contribution < 1.29 is 14.4 Å². The molecule has 0 spiro atoms. The molecule has 1 aromatic carbocycles. The SMILES string of the molecule is O=C(/C=N/O)Nc1ccc(F)c(Cl)c1. The van der Waals surface area contributed by atoms with Gasteiger partial charge in [0, 0.05) is 5.69 Å². The number of hydrogen-bond acceptors (Lipinski definition) is 3. The molecule has 0 aromatic heterocycles. The number of nitrogens with zero attached hydrogens (tertiary/aromatic N) is 1. The van der Waals surface area contributed by atoms with E-state index in [1.165, 1.54) is 12.1 Å². The molecule has 2 N–H and O–H groups in total. The van der Waals surface area contributed by atoms with Gasteiger partial charge in [-0.2, -0.15) is 0 Å². The highest BCUT2D eigenvalue weighted by Gasteiger charge is 2.02. The van der Waals surface area contributed by atoms with Crippen LogP contribution in [0.5, 0.6) is 0 Å². The second-order valence-electron chi connectivity index (χ2n) is 2.36. The molecule has 1 amide bonds. The average Bonchev–Trinajstić information content (AvgIpc) is 2.12. The summed E-state index contributed by atoms with van der Waals surface area (Å²) in [5, 5.41) is 12.8. The third-order valence-corrected chi connectivity index (χ3v) is 1.65. The fourth-order valence-electron chi connectivity index (χ4n) is 0.801. The van der Waals surface area contributed by atoms with E-state index in [4.69, 9.17) is 16.8 Å². The van der Waals surface area contributed by atoms with Gasteiger partial charge >= 0.3 is 0 Å². The Balaban J connectivity index is 2.78. The minimum absolute atomic E-state index is 0.0938. The molecule has 0 atom stereocenters. The zero-order valence-electron chi connectivity index (χ0n) is 6.87. The van der Waals surface area contributed by atoms with Crippen LogP contribution in [0.2, 0.25) is 5.02 Å². The predicted octanol–water partition coefficient (Wildman–Crippen LogP) is 1.88. The van der Waals surface area contributed by atoms with Gasteiger partial charge < -0.3 is 10.5 Å². The monoisotopic (exact) mass is 216 g/mol. The molecule has 0 radical (unpaired) electrons. The molecule has 4 nitrogen and oxygen atoms in total. The average molecular weight is 217 g/mol. The standard InChI is InChI=1S/C8H6ClFN2O2/c9-6-3-5(1-2-7(6)10)12-8(13)4-11-14/h1-4,14H,(H,12,13)/b11-4+. The van der Waals surface area contributed by atoms with E-state index < -0.39 is 11.7 Å². The number of amides is 1. The number of carbonyl (C=O) groups excluding carboxylic acids is 1. The Morgan fingerprint density at radius 2 is 2.36 bits per heavy atom. The summed E-state index contributed by atoms with van der Waals surface area (Å²) in [6.45, 7) is 0. The maximum absolute atomic E-state index is 12.7. The summed E-state index contributed by atoms with van der Waals surface area (Å²) in [7, 11) is 0. The Morgan fingerprint density at radius 3 is 2.93 bits per heavy atom. The van der Waals surface area contributed by atoms with Crippen LogP contribution in [0, 0.1) is 5.82 Å². The van der Waals surface area contributed by atoms with E-state index in [1.54, 1.807) is 0 Å². The summed E-state index contributed by atoms with van der Waals surface area (Å²) in [4.78, 5) is 10.9. The summed E-state index contributed by atoms with van der Waals surface area (Å²) in [5.41, 5.74) is 0.321. The van der Waals surface area contributed by atoms with Crippen molar-refractivity contribution in [2.24, 2.45) is 5.16 Å². The lowest BCUT2D eigenvalue weighted by molar-refractivity contribution is -0.110. The van der Waals surface area contributed by atoms with Crippen LogP contribution in [0.4, 0.5) is 10.1 Å². The van der Waals surface area contributed by atoms with Crippen molar-refractivity contribution >= 4 is 29.4 Å². The van der Waals surface area contributed by atoms with E-state index in [2.05, 4.69) is 10.5 Å². The van der Waals surface area contributed by atoms with E-state index in [0.717, 1.165) is 6.07 Å². The van der Waals surface area contributed by atoms with Gasteiger partial charge in [0.1, 0.15) is 12.0 Å². The second-order valence-corrected chi connectivity index (χ2v) is 2.77. The Morgan fingerprint density at radius 1 is 1.64 bits per heavy atom. The predicted molar refractivity (Wildman–Crippen MR) is 50.3 cm³/mol. The van der Waals surface area contributed by atoms with Crippen molar-refractivity contribution in [3.8, 4) is 0 Å². The molecule has 0 unspecified atom stereocenters. The Kier molecular flexibility index (Phi) is 3.41. The molecule has 6 heteroatoms. The molecule has 14 heavy (non-hydrogen) atoms. The summed E-state index contributed by atoms with van der Waals surface area (Å²) in [6, 6.07) is 3.71. The molecule has 0 heterocycles. The third-order valence-electron chi connectivity index (χ3n) is 1.36. The fourth-order valence-corrected chi connectivity index (χ4v) is 0.981. The normalized spacial score (nSPS) is 10.4. The molecular formula is C8H6ClFN2O2. The largest absolute Gasteiger partial charge is 0.411 e. The quantitative estimate of drug-likeness (QED) is 0.450. The van der Waals surface area contributed by atoms with Crippen molar-refractivity contribution in [2.45, 2.75) is 0 Å². The van der Waals surface area contributed by atoms with Crippen molar-refractivity contribution in [3.05, 3.63) is 29.0 Å². The molecular weight excluding hydrogens is 211 g/mol. The number of benzene rings is 1. The van der Waals surface area contributed by atoms with Crippen LogP contribution in [0.1, 0.15) is 0 Å². The van der Waals surface area contributed by atoms with E-state index in [9.17, 15) is 9.18 Å². The van der Waals surface area contributed by atoms with Crippen LogP contribution in [-0.2, 0) is 4.79 Å². The zero-order chi connectivity index (χ0) is 10.6. The van der Waals surface area contributed by atoms with Gasteiger partial charge in [-0.3, -0.25) is 4.79 Å². The first-order chi connectivity index (χ1) is 6.63. The van der Waals surface area contributed by atoms with Gasteiger partial charge in [-0.05, 0) is 18.2 Å². The number of carbonyl (C=O) groups is 1. The van der Waals surface area contributed by atoms with E-state index in [0.29, 0.717) is 11.9 Å². The number of oxime groups is 1. The third kappa shape index (κ3) is 2.70. The minimum Gasteiger partial charge on any atom is -0.411 e. The van der Waals surface area contributed by atoms with E-state index >= 15 is 0 Å². The number of hydrogen-bond donors (Lipinski definition) is 2. The van der Waals surface area contributed by atoms with Crippen molar-refractivity contribution in [1.29, 1.82) is 0 Å². The molecule has 0 fully saturated rings. The Bertz CT molecular complexity index is 382. The van der Waals surface area contributed by atoms with Crippen LogP contribution in [0.15, 0.2) is 23.4 Å². The molecule has 0 saturated carbocycles. The summed E-state index contributed by atoms with van der Waals surface area (Å²) in [5.74, 6) is -1.20. The lowest BCUT2D eigenvalue weighted by Gasteiger charge is -2.01. The molecule has 1 rings (SSSR count). The molecule has 0 aliphatic heterocycles. The lowest BCUT2D eigenvalue weighted by atomic mass is 10.3. The van der Waals surface area contributed by atoms with Crippen LogP contribution in [0.25, 0.3) is 0 Å². The molecule has 0 aliphatic rings. The van der Waals surface area contributed by atoms with E-state index in [-0.39, 0.29) is 5.02 Å². The van der Waals surface area contributed by atoms with Gasteiger partial charge in [0.15, 0.2) is 0 Å². The number of nitrogens with one attached hydrogen (secondary N) is 1. The number of halogens is 2. The first-order valence-corrected chi connectivity index (χ1v) is 3.94. The van der Waals surface area contributed by atoms with Gasteiger partial charge in [0.25, 0.3) is 5.91 Å². The number of rotatable bonds is 2. The van der Waals surface area contributed by atoms with Gasteiger partial charge in [-0.15, -0.1) is 0 Å². The molecule has 74 valence electrons. The topological polar surface area (TPSA) is 61.7 Å². The zero-order valence-corrected chi connectivity index (χ0v) is 7.62. The molecule has 0 bridgehead atoms. The highest BCUT2D eigenvalue weighted by molar-refractivity contribution is 6.33.